The fourth-order valence-electron chi connectivity index (χ4n) is 9.60. The van der Waals surface area contributed by atoms with Gasteiger partial charge < -0.3 is 29.7 Å². The van der Waals surface area contributed by atoms with Gasteiger partial charge in [-0.2, -0.15) is 0 Å². The molecule has 3 aliphatic carbocycles. The number of ether oxygens (including phenoxy) is 3. The highest BCUT2D eigenvalue weighted by Crippen LogP contribution is 2.48. The molecule has 15 heteroatoms. The molecule has 1 aromatic heterocycles. The van der Waals surface area contributed by atoms with Gasteiger partial charge in [-0.1, -0.05) is 38.8 Å². The van der Waals surface area contributed by atoms with Crippen molar-refractivity contribution in [1.29, 1.82) is 0 Å². The van der Waals surface area contributed by atoms with Crippen molar-refractivity contribution in [1.82, 2.24) is 25.2 Å². The summed E-state index contributed by atoms with van der Waals surface area (Å²) in [6.07, 6.45) is 11.9. The summed E-state index contributed by atoms with van der Waals surface area (Å²) in [7, 11) is -2.39. The molecular formula is C44H59N5O9S. The van der Waals surface area contributed by atoms with Crippen molar-refractivity contribution in [3.8, 4) is 11.5 Å². The van der Waals surface area contributed by atoms with Crippen LogP contribution >= 0.6 is 0 Å². The highest BCUT2D eigenvalue weighted by Gasteiger charge is 2.60. The minimum absolute atomic E-state index is 0.00420. The number of nitrogens with zero attached hydrogens (tertiary/aromatic N) is 2. The molecule has 6 aliphatic rings. The number of sulfonamides is 1. The van der Waals surface area contributed by atoms with Crippen LogP contribution in [0.5, 0.6) is 11.5 Å². The van der Waals surface area contributed by atoms with Crippen molar-refractivity contribution in [2.45, 2.75) is 163 Å². The van der Waals surface area contributed by atoms with Gasteiger partial charge in [-0.3, -0.25) is 19.1 Å². The molecule has 1 aromatic carbocycles. The third-order valence-corrected chi connectivity index (χ3v) is 16.3. The largest absolute Gasteiger partial charge is 0.497 e. The van der Waals surface area contributed by atoms with Gasteiger partial charge >= 0.3 is 6.09 Å². The third-order valence-electron chi connectivity index (χ3n) is 14.1. The Kier molecular flexibility index (Phi) is 10.7. The van der Waals surface area contributed by atoms with Crippen LogP contribution < -0.4 is 24.8 Å². The van der Waals surface area contributed by atoms with Crippen LogP contribution in [0.4, 0.5) is 4.79 Å². The summed E-state index contributed by atoms with van der Waals surface area (Å²) in [5.74, 6) is -0.894. The summed E-state index contributed by atoms with van der Waals surface area (Å²) >= 11 is 0. The Hall–Kier alpha value is -4.40. The second-order valence-corrected chi connectivity index (χ2v) is 21.0. The van der Waals surface area contributed by atoms with E-state index in [4.69, 9.17) is 19.2 Å². The normalized spacial score (nSPS) is 30.5. The number of allylic oxidation sites excluding steroid dienone is 1. The van der Waals surface area contributed by atoms with Gasteiger partial charge in [0.2, 0.25) is 21.8 Å². The topological polar surface area (TPSA) is 182 Å². The minimum atomic E-state index is -4.01. The molecule has 59 heavy (non-hydrogen) atoms. The van der Waals surface area contributed by atoms with E-state index in [1.54, 1.807) is 14.0 Å². The average molecular weight is 834 g/mol. The number of alkyl carbamates (subject to hydrolysis) is 1. The Bertz CT molecular complexity index is 2180. The SMILES string of the molecule is COc1ccc2nc(C(C)C)c3c(c2c1)CC[C@]1(C[C@H]2C(=O)N[C@]4(C(=O)NS(=O)(=O)C5(C)CC5)CC[C@H]4/C=C\CCCCC[C@H](NC(=O)OC4(C)CCC4)C(=O)N2C1)O3. The molecule has 4 fully saturated rings. The molecule has 8 rings (SSSR count). The van der Waals surface area contributed by atoms with Crippen molar-refractivity contribution in [2.75, 3.05) is 13.7 Å². The van der Waals surface area contributed by atoms with Gasteiger partial charge in [-0.25, -0.2) is 18.2 Å². The van der Waals surface area contributed by atoms with Crippen molar-refractivity contribution >= 4 is 44.7 Å². The Balaban J connectivity index is 1.16. The maximum Gasteiger partial charge on any atom is 0.408 e. The molecule has 0 bridgehead atoms. The van der Waals surface area contributed by atoms with Crippen molar-refractivity contribution in [3.63, 3.8) is 0 Å². The number of nitrogens with one attached hydrogen (secondary N) is 3. The van der Waals surface area contributed by atoms with Crippen LogP contribution in [0.15, 0.2) is 30.4 Å². The quantitative estimate of drug-likeness (QED) is 0.286. The van der Waals surface area contributed by atoms with Gasteiger partial charge in [-0.15, -0.1) is 0 Å². The first kappa shape index (κ1) is 41.3. The maximum atomic E-state index is 15.0. The molecule has 0 radical (unpaired) electrons. The first-order valence-electron chi connectivity index (χ1n) is 21.5. The van der Waals surface area contributed by atoms with Crippen molar-refractivity contribution in [3.05, 3.63) is 41.6 Å². The number of carbonyl (C=O) groups excluding carboxylic acids is 4. The average Bonchev–Trinajstić information content (AvgIpc) is 3.85. The van der Waals surface area contributed by atoms with E-state index in [0.717, 1.165) is 54.3 Å². The number of benzene rings is 1. The lowest BCUT2D eigenvalue weighted by Gasteiger charge is -2.48. The number of methoxy groups -OCH3 is 1. The third kappa shape index (κ3) is 7.65. The number of fused-ring (bicyclic) bond motifs is 5. The molecule has 0 unspecified atom stereocenters. The summed E-state index contributed by atoms with van der Waals surface area (Å²) in [5, 5.41) is 6.83. The number of aromatic nitrogens is 1. The minimum Gasteiger partial charge on any atom is -0.497 e. The van der Waals surface area contributed by atoms with Crippen molar-refractivity contribution in [2.24, 2.45) is 5.92 Å². The van der Waals surface area contributed by atoms with Crippen LogP contribution in [-0.4, -0.2) is 89.3 Å². The van der Waals surface area contributed by atoms with Crippen LogP contribution in [0.3, 0.4) is 0 Å². The molecule has 4 heterocycles. The van der Waals surface area contributed by atoms with Gasteiger partial charge in [0.15, 0.2) is 0 Å². The fraction of sp³-hybridized carbons (Fsp3) is 0.659. The Labute approximate surface area is 347 Å². The lowest BCUT2D eigenvalue weighted by atomic mass is 9.65. The smallest absolute Gasteiger partial charge is 0.408 e. The van der Waals surface area contributed by atoms with E-state index >= 15 is 0 Å². The predicted molar refractivity (Wildman–Crippen MR) is 220 cm³/mol. The maximum absolute atomic E-state index is 15.0. The van der Waals surface area contributed by atoms with Gasteiger partial charge in [-0.05, 0) is 115 Å². The van der Waals surface area contributed by atoms with Gasteiger partial charge in [0, 0.05) is 23.3 Å². The highest BCUT2D eigenvalue weighted by molar-refractivity contribution is 7.91. The molecule has 2 aromatic rings. The number of amides is 4. The molecule has 4 amide bonds. The Morgan fingerprint density at radius 2 is 1.80 bits per heavy atom. The van der Waals surface area contributed by atoms with E-state index in [9.17, 15) is 27.6 Å². The molecule has 320 valence electrons. The fourth-order valence-corrected chi connectivity index (χ4v) is 10.9. The molecule has 3 aliphatic heterocycles. The number of pyridine rings is 1. The highest BCUT2D eigenvalue weighted by atomic mass is 32.2. The summed E-state index contributed by atoms with van der Waals surface area (Å²) in [4.78, 5) is 64.1. The Morgan fingerprint density at radius 1 is 1.02 bits per heavy atom. The van der Waals surface area contributed by atoms with E-state index < -0.39 is 73.3 Å². The second kappa shape index (κ2) is 15.3. The molecule has 5 atom stereocenters. The monoisotopic (exact) mass is 833 g/mol. The molecule has 1 saturated heterocycles. The molecule has 1 spiro atoms. The van der Waals surface area contributed by atoms with Gasteiger partial charge in [0.1, 0.15) is 40.3 Å². The lowest BCUT2D eigenvalue weighted by Crippen LogP contribution is -2.70. The first-order valence-corrected chi connectivity index (χ1v) is 23.0. The van der Waals surface area contributed by atoms with E-state index in [1.807, 2.05) is 37.3 Å². The number of rotatable bonds is 7. The zero-order valence-corrected chi connectivity index (χ0v) is 35.8. The number of hydrogen-bond donors (Lipinski definition) is 3. The summed E-state index contributed by atoms with van der Waals surface area (Å²) in [6, 6.07) is 3.71. The van der Waals surface area contributed by atoms with Crippen molar-refractivity contribution < 1.29 is 41.8 Å². The molecule has 3 saturated carbocycles. The van der Waals surface area contributed by atoms with Gasteiger partial charge in [0.25, 0.3) is 5.91 Å². The number of hydrogen-bond acceptors (Lipinski definition) is 10. The standard InChI is InChI=1S/C44H59N5O9S/c1-27(2)35-36-30(31-24-29(56-5)14-15-32(31)45-35)17-20-43(57-36)25-34-37(50)47-44(39(52)48-59(54,55)42(4)22-23-42)21-16-28(44)12-9-7-6-8-10-13-33(38(51)49(34)26-43)46-40(53)58-41(3)18-11-19-41/h9,12,14-15,24,27-28,33-34H,6-8,10-11,13,16-23,25-26H2,1-5H3,(H,46,53)(H,47,50)(H,48,52)/b12-9-/t28-,33+,34+,43-,44-/m1/s1. The predicted octanol–water partition coefficient (Wildman–Crippen LogP) is 5.85. The van der Waals surface area contributed by atoms with E-state index in [2.05, 4.69) is 29.2 Å². The van der Waals surface area contributed by atoms with Gasteiger partial charge in [0.05, 0.1) is 29.6 Å². The second-order valence-electron chi connectivity index (χ2n) is 18.8. The summed E-state index contributed by atoms with van der Waals surface area (Å²) < 4.78 is 46.6. The van der Waals surface area contributed by atoms with Crippen LogP contribution in [0.25, 0.3) is 10.9 Å². The lowest BCUT2D eigenvalue weighted by molar-refractivity contribution is -0.144. The molecule has 14 nitrogen and oxygen atoms in total. The Morgan fingerprint density at radius 3 is 2.46 bits per heavy atom. The zero-order valence-electron chi connectivity index (χ0n) is 35.0. The van der Waals surface area contributed by atoms with Crippen LogP contribution in [0.1, 0.15) is 135 Å². The van der Waals surface area contributed by atoms with Crippen LogP contribution in [-0.2, 0) is 35.6 Å². The van der Waals surface area contributed by atoms with E-state index in [1.165, 1.54) is 4.90 Å². The number of carbonyl (C=O) groups is 4. The van der Waals surface area contributed by atoms with Crippen LogP contribution in [0, 0.1) is 5.92 Å². The summed E-state index contributed by atoms with van der Waals surface area (Å²) in [5.41, 5.74) is -0.546. The molecular weight excluding hydrogens is 775 g/mol. The van der Waals surface area contributed by atoms with E-state index in [-0.39, 0.29) is 25.3 Å². The zero-order chi connectivity index (χ0) is 42.0. The molecule has 3 N–H and O–H groups in total. The van der Waals surface area contributed by atoms with Crippen LogP contribution in [0.2, 0.25) is 0 Å². The first-order chi connectivity index (χ1) is 28.0. The van der Waals surface area contributed by atoms with E-state index in [0.29, 0.717) is 62.9 Å². The number of aryl methyl sites for hydroxylation is 1. The summed E-state index contributed by atoms with van der Waals surface area (Å²) in [6.45, 7) is 7.66.